The fourth-order valence-electron chi connectivity index (χ4n) is 0.812. The van der Waals surface area contributed by atoms with Gasteiger partial charge in [-0.25, -0.2) is 0 Å². The molecule has 0 fully saturated rings. The molecule has 4 heteroatoms. The summed E-state index contributed by atoms with van der Waals surface area (Å²) in [4.78, 5) is 3.06. The van der Waals surface area contributed by atoms with E-state index < -0.39 is 0 Å². The molecule has 2 aromatic rings. The summed E-state index contributed by atoms with van der Waals surface area (Å²) in [6, 6.07) is 3.94. The van der Waals surface area contributed by atoms with Gasteiger partial charge in [-0.1, -0.05) is 0 Å². The van der Waals surface area contributed by atoms with Gasteiger partial charge in [0.1, 0.15) is 10.5 Å². The molecule has 2 aromatic heterocycles. The largest absolute Gasteiger partial charge is 0.364 e. The van der Waals surface area contributed by atoms with Crippen LogP contribution in [0.25, 0.3) is 0 Å². The second-order valence-electron chi connectivity index (χ2n) is 2.05. The van der Waals surface area contributed by atoms with Gasteiger partial charge >= 0.3 is 0 Å². The maximum atomic E-state index is 3.88. The monoisotopic (exact) mass is 164 g/mol. The fourth-order valence-corrected chi connectivity index (χ4v) is 1.30. The van der Waals surface area contributed by atoms with E-state index in [2.05, 4.69) is 15.2 Å². The standard InChI is InChI=1S/C7H6N3S/c1-2-6(8-3-1)4-7-10-9-5-11-7/h1-5,8H. The molecule has 0 saturated heterocycles. The first-order chi connectivity index (χ1) is 5.45. The van der Waals surface area contributed by atoms with Gasteiger partial charge in [-0.2, -0.15) is 0 Å². The van der Waals surface area contributed by atoms with E-state index in [0.29, 0.717) is 0 Å². The van der Waals surface area contributed by atoms with E-state index >= 15 is 0 Å². The third-order valence-corrected chi connectivity index (χ3v) is 1.92. The van der Waals surface area contributed by atoms with Crippen LogP contribution in [-0.4, -0.2) is 15.2 Å². The zero-order chi connectivity index (χ0) is 7.52. The number of nitrogens with zero attached hydrogens (tertiary/aromatic N) is 2. The molecule has 55 valence electrons. The Labute approximate surface area is 68.1 Å². The molecular weight excluding hydrogens is 158 g/mol. The first-order valence-electron chi connectivity index (χ1n) is 3.19. The fraction of sp³-hybridized carbons (Fsp3) is 0. The van der Waals surface area contributed by atoms with Crippen molar-refractivity contribution in [3.63, 3.8) is 0 Å². The number of hydrogen-bond acceptors (Lipinski definition) is 3. The number of hydrogen-bond donors (Lipinski definition) is 1. The van der Waals surface area contributed by atoms with Gasteiger partial charge in [0.25, 0.3) is 0 Å². The molecule has 1 N–H and O–H groups in total. The molecule has 2 rings (SSSR count). The second-order valence-corrected chi connectivity index (χ2v) is 2.91. The zero-order valence-electron chi connectivity index (χ0n) is 5.69. The Hall–Kier alpha value is -1.16. The van der Waals surface area contributed by atoms with Crippen molar-refractivity contribution in [2.75, 3.05) is 0 Å². The van der Waals surface area contributed by atoms with Crippen molar-refractivity contribution < 1.29 is 0 Å². The van der Waals surface area contributed by atoms with Crippen LogP contribution in [0.5, 0.6) is 0 Å². The Morgan fingerprint density at radius 3 is 3.18 bits per heavy atom. The lowest BCUT2D eigenvalue weighted by molar-refractivity contribution is 1.05. The van der Waals surface area contributed by atoms with Crippen LogP contribution < -0.4 is 0 Å². The van der Waals surface area contributed by atoms with E-state index in [-0.39, 0.29) is 0 Å². The summed E-state index contributed by atoms with van der Waals surface area (Å²) in [5.41, 5.74) is 2.77. The van der Waals surface area contributed by atoms with E-state index in [1.54, 1.807) is 5.51 Å². The van der Waals surface area contributed by atoms with Crippen LogP contribution in [0.3, 0.4) is 0 Å². The minimum absolute atomic E-state index is 0.924. The summed E-state index contributed by atoms with van der Waals surface area (Å²) in [5.74, 6) is 0. The Morgan fingerprint density at radius 2 is 2.55 bits per heavy atom. The lowest BCUT2D eigenvalue weighted by Gasteiger charge is -1.88. The summed E-state index contributed by atoms with van der Waals surface area (Å²) >= 11 is 1.52. The van der Waals surface area contributed by atoms with Crippen LogP contribution in [0.1, 0.15) is 10.7 Å². The van der Waals surface area contributed by atoms with E-state index in [9.17, 15) is 0 Å². The molecule has 0 aliphatic heterocycles. The number of rotatable bonds is 2. The summed E-state index contributed by atoms with van der Waals surface area (Å²) in [6.07, 6.45) is 3.84. The molecule has 2 heterocycles. The molecule has 0 saturated carbocycles. The normalized spacial score (nSPS) is 10.2. The predicted molar refractivity (Wildman–Crippen MR) is 43.2 cm³/mol. The smallest absolute Gasteiger partial charge is 0.127 e. The Balaban J connectivity index is 2.14. The van der Waals surface area contributed by atoms with Gasteiger partial charge in [-0.05, 0) is 12.1 Å². The third-order valence-electron chi connectivity index (χ3n) is 1.28. The second kappa shape index (κ2) is 2.84. The lowest BCUT2D eigenvalue weighted by atomic mass is 10.3. The molecule has 0 amide bonds. The van der Waals surface area contributed by atoms with Crippen LogP contribution in [0.15, 0.2) is 23.8 Å². The zero-order valence-corrected chi connectivity index (χ0v) is 6.51. The highest BCUT2D eigenvalue weighted by molar-refractivity contribution is 7.09. The van der Waals surface area contributed by atoms with Crippen molar-refractivity contribution in [1.29, 1.82) is 0 Å². The van der Waals surface area contributed by atoms with Crippen LogP contribution in [0.2, 0.25) is 0 Å². The third kappa shape index (κ3) is 1.46. The lowest BCUT2D eigenvalue weighted by Crippen LogP contribution is -1.82. The molecule has 11 heavy (non-hydrogen) atoms. The summed E-state index contributed by atoms with van der Waals surface area (Å²) in [7, 11) is 0. The molecule has 0 atom stereocenters. The highest BCUT2D eigenvalue weighted by atomic mass is 32.1. The van der Waals surface area contributed by atoms with Gasteiger partial charge in [-0.3, -0.25) is 0 Å². The molecule has 0 aromatic carbocycles. The Morgan fingerprint density at radius 1 is 1.55 bits per heavy atom. The van der Waals surface area contributed by atoms with Gasteiger partial charge < -0.3 is 4.98 Å². The Kier molecular flexibility index (Phi) is 1.69. The number of aromatic nitrogens is 3. The van der Waals surface area contributed by atoms with Crippen molar-refractivity contribution >= 4 is 11.3 Å². The highest BCUT2D eigenvalue weighted by Crippen LogP contribution is 2.10. The molecule has 0 unspecified atom stereocenters. The maximum absolute atomic E-state index is 3.88. The Bertz CT molecular complexity index is 266. The van der Waals surface area contributed by atoms with E-state index in [1.165, 1.54) is 11.3 Å². The van der Waals surface area contributed by atoms with Gasteiger partial charge in [-0.15, -0.1) is 21.5 Å². The molecule has 0 aliphatic rings. The number of H-pyrrole nitrogens is 1. The number of nitrogens with one attached hydrogen (secondary N) is 1. The highest BCUT2D eigenvalue weighted by Gasteiger charge is 1.98. The number of aromatic amines is 1. The van der Waals surface area contributed by atoms with Gasteiger partial charge in [0.05, 0.1) is 6.42 Å². The maximum Gasteiger partial charge on any atom is 0.127 e. The molecule has 0 spiro atoms. The minimum Gasteiger partial charge on any atom is -0.364 e. The van der Waals surface area contributed by atoms with Crippen LogP contribution in [-0.2, 0) is 0 Å². The predicted octanol–water partition coefficient (Wildman–Crippen LogP) is 1.47. The molecule has 1 radical (unpaired) electrons. The van der Waals surface area contributed by atoms with Crippen LogP contribution in [0, 0.1) is 6.42 Å². The quantitative estimate of drug-likeness (QED) is 0.730. The van der Waals surface area contributed by atoms with Gasteiger partial charge in [0.15, 0.2) is 0 Å². The minimum atomic E-state index is 0.924. The van der Waals surface area contributed by atoms with E-state index in [1.807, 2.05) is 24.8 Å². The van der Waals surface area contributed by atoms with E-state index in [0.717, 1.165) is 10.7 Å². The first kappa shape index (κ1) is 6.54. The van der Waals surface area contributed by atoms with Crippen molar-refractivity contribution in [2.24, 2.45) is 0 Å². The van der Waals surface area contributed by atoms with E-state index in [4.69, 9.17) is 0 Å². The van der Waals surface area contributed by atoms with Crippen LogP contribution in [0.4, 0.5) is 0 Å². The van der Waals surface area contributed by atoms with Crippen molar-refractivity contribution in [3.05, 3.63) is 41.0 Å². The van der Waals surface area contributed by atoms with Crippen molar-refractivity contribution in [2.45, 2.75) is 0 Å². The summed E-state index contributed by atoms with van der Waals surface area (Å²) in [5, 5.41) is 8.53. The molecule has 0 bridgehead atoms. The molecule has 0 aliphatic carbocycles. The SMILES string of the molecule is [CH](c1ccc[nH]1)c1nncs1. The van der Waals surface area contributed by atoms with Crippen molar-refractivity contribution in [1.82, 2.24) is 15.2 Å². The average Bonchev–Trinajstić information content (AvgIpc) is 2.60. The average molecular weight is 164 g/mol. The van der Waals surface area contributed by atoms with Gasteiger partial charge in [0.2, 0.25) is 0 Å². The van der Waals surface area contributed by atoms with Crippen LogP contribution >= 0.6 is 11.3 Å². The van der Waals surface area contributed by atoms with Gasteiger partial charge in [0, 0.05) is 11.9 Å². The molecule has 3 nitrogen and oxygen atoms in total. The topological polar surface area (TPSA) is 41.6 Å². The van der Waals surface area contributed by atoms with Crippen molar-refractivity contribution in [3.8, 4) is 0 Å². The molecular formula is C7H6N3S. The first-order valence-corrected chi connectivity index (χ1v) is 4.07. The summed E-state index contributed by atoms with van der Waals surface area (Å²) < 4.78 is 0. The summed E-state index contributed by atoms with van der Waals surface area (Å²) in [6.45, 7) is 0.